The van der Waals surface area contributed by atoms with E-state index < -0.39 is 25.6 Å². The van der Waals surface area contributed by atoms with Crippen molar-refractivity contribution >= 4 is 18.6 Å². The van der Waals surface area contributed by atoms with Crippen LogP contribution in [-0.2, 0) is 4.79 Å². The van der Waals surface area contributed by atoms with E-state index in [1.165, 1.54) is 7.11 Å². The minimum absolute atomic E-state index is 0.370. The van der Waals surface area contributed by atoms with Gasteiger partial charge in [-0.05, 0) is 12.1 Å². The molecule has 0 unspecified atom stereocenters. The number of methoxy groups -OCH3 is 1. The van der Waals surface area contributed by atoms with Crippen LogP contribution in [0.4, 0.5) is 18.6 Å². The second-order valence-electron chi connectivity index (χ2n) is 3.50. The third-order valence-electron chi connectivity index (χ3n) is 2.08. The zero-order valence-electron chi connectivity index (χ0n) is 9.25. The van der Waals surface area contributed by atoms with E-state index in [0.29, 0.717) is 11.4 Å². The largest absolute Gasteiger partial charge is 0.495 e. The van der Waals surface area contributed by atoms with E-state index in [1.807, 2.05) is 0 Å². The highest BCUT2D eigenvalue weighted by Crippen LogP contribution is 2.24. The molecule has 0 heterocycles. The zero-order valence-corrected chi connectivity index (χ0v) is 9.25. The Labute approximate surface area is 97.0 Å². The third-order valence-corrected chi connectivity index (χ3v) is 2.08. The van der Waals surface area contributed by atoms with Gasteiger partial charge in [0, 0.05) is 6.42 Å². The first-order valence-electron chi connectivity index (χ1n) is 5.06. The Balaban J connectivity index is 2.56. The van der Waals surface area contributed by atoms with E-state index in [4.69, 9.17) is 4.74 Å². The van der Waals surface area contributed by atoms with Gasteiger partial charge in [-0.2, -0.15) is 0 Å². The molecular weight excluding hydrogens is 234 g/mol. The minimum Gasteiger partial charge on any atom is -0.495 e. The summed E-state index contributed by atoms with van der Waals surface area (Å²) in [5.74, 6) is -0.257. The number of nitrogens with one attached hydrogen (secondary N) is 1. The minimum atomic E-state index is -4.92. The summed E-state index contributed by atoms with van der Waals surface area (Å²) in [6, 6.07) is 6.54. The van der Waals surface area contributed by atoms with Gasteiger partial charge in [-0.25, -0.2) is 0 Å². The van der Waals surface area contributed by atoms with Gasteiger partial charge in [-0.15, -0.1) is 0 Å². The number of amides is 1. The Morgan fingerprint density at radius 1 is 1.35 bits per heavy atom. The molecule has 0 aliphatic heterocycles. The van der Waals surface area contributed by atoms with Gasteiger partial charge < -0.3 is 23.0 Å². The Kier molecular flexibility index (Phi) is 4.42. The van der Waals surface area contributed by atoms with Gasteiger partial charge in [0.25, 0.3) is 0 Å². The van der Waals surface area contributed by atoms with Gasteiger partial charge in [0.2, 0.25) is 5.91 Å². The molecule has 0 atom stereocenters. The number of hydrogen-bond acceptors (Lipinski definition) is 2. The SMILES string of the molecule is COc1ccccc1NC(=O)CC[B-](F)(F)F. The van der Waals surface area contributed by atoms with Crippen molar-refractivity contribution in [3.05, 3.63) is 24.3 Å². The highest BCUT2D eigenvalue weighted by Gasteiger charge is 2.23. The van der Waals surface area contributed by atoms with Gasteiger partial charge in [-0.3, -0.25) is 4.79 Å². The molecule has 17 heavy (non-hydrogen) atoms. The first-order chi connectivity index (χ1) is 7.92. The average molecular weight is 246 g/mol. The summed E-state index contributed by atoms with van der Waals surface area (Å²) in [7, 11) is 1.42. The van der Waals surface area contributed by atoms with Crippen molar-refractivity contribution in [3.8, 4) is 5.75 Å². The lowest BCUT2D eigenvalue weighted by Gasteiger charge is -2.13. The first kappa shape index (κ1) is 13.4. The van der Waals surface area contributed by atoms with Crippen LogP contribution in [0.2, 0.25) is 6.32 Å². The predicted molar refractivity (Wildman–Crippen MR) is 60.1 cm³/mol. The summed E-state index contributed by atoms with van der Waals surface area (Å²) >= 11 is 0. The predicted octanol–water partition coefficient (Wildman–Crippen LogP) is 2.87. The van der Waals surface area contributed by atoms with Crippen molar-refractivity contribution in [1.29, 1.82) is 0 Å². The number of hydrogen-bond donors (Lipinski definition) is 1. The van der Waals surface area contributed by atoms with E-state index in [2.05, 4.69) is 5.32 Å². The smallest absolute Gasteiger partial charge is 0.478 e. The average Bonchev–Trinajstić information content (AvgIpc) is 2.26. The number of carbonyl (C=O) groups excluding carboxylic acids is 1. The monoisotopic (exact) mass is 246 g/mol. The van der Waals surface area contributed by atoms with Gasteiger partial charge in [-0.1, -0.05) is 18.5 Å². The van der Waals surface area contributed by atoms with Crippen LogP contribution in [0.25, 0.3) is 0 Å². The number of para-hydroxylation sites is 2. The summed E-state index contributed by atoms with van der Waals surface area (Å²) in [6.45, 7) is -4.92. The van der Waals surface area contributed by atoms with Crippen LogP contribution in [0.15, 0.2) is 24.3 Å². The van der Waals surface area contributed by atoms with Crippen LogP contribution >= 0.6 is 0 Å². The molecule has 1 N–H and O–H groups in total. The van der Waals surface area contributed by atoms with Crippen LogP contribution in [0.1, 0.15) is 6.42 Å². The van der Waals surface area contributed by atoms with Crippen LogP contribution in [-0.4, -0.2) is 20.0 Å². The lowest BCUT2D eigenvalue weighted by molar-refractivity contribution is -0.116. The molecule has 0 fully saturated rings. The molecule has 7 heteroatoms. The fourth-order valence-corrected chi connectivity index (χ4v) is 1.26. The van der Waals surface area contributed by atoms with Gasteiger partial charge in [0.1, 0.15) is 5.75 Å². The first-order valence-corrected chi connectivity index (χ1v) is 5.06. The number of anilines is 1. The molecular formula is C10H12BF3NO2-. The molecule has 0 radical (unpaired) electrons. The molecule has 0 aliphatic rings. The van der Waals surface area contributed by atoms with Crippen molar-refractivity contribution in [3.63, 3.8) is 0 Å². The van der Waals surface area contributed by atoms with Gasteiger partial charge in [0.15, 0.2) is 0 Å². The number of halogens is 3. The van der Waals surface area contributed by atoms with Crippen molar-refractivity contribution in [1.82, 2.24) is 0 Å². The van der Waals surface area contributed by atoms with Gasteiger partial charge in [0.05, 0.1) is 12.8 Å². The summed E-state index contributed by atoms with van der Waals surface area (Å²) in [5, 5.41) is 2.38. The Hall–Kier alpha value is -1.66. The molecule has 1 aromatic carbocycles. The quantitative estimate of drug-likeness (QED) is 0.811. The molecule has 0 saturated carbocycles. The maximum atomic E-state index is 12.0. The maximum Gasteiger partial charge on any atom is 0.478 e. The van der Waals surface area contributed by atoms with Crippen molar-refractivity contribution in [2.45, 2.75) is 12.7 Å². The standard InChI is InChI=1S/C10H12BF3NO2/c1-17-9-5-3-2-4-8(9)15-10(16)6-7-11(12,13)14/h2-5H,6-7H2,1H3,(H,15,16)/q-1. The summed E-state index contributed by atoms with van der Waals surface area (Å²) in [4.78, 5) is 11.3. The third kappa shape index (κ3) is 4.80. The van der Waals surface area contributed by atoms with E-state index in [9.17, 15) is 17.7 Å². The summed E-state index contributed by atoms with van der Waals surface area (Å²) in [5.41, 5.74) is 0.370. The number of rotatable bonds is 5. The Bertz CT molecular complexity index is 395. The summed E-state index contributed by atoms with van der Waals surface area (Å²) < 4.78 is 40.8. The van der Waals surface area contributed by atoms with Crippen molar-refractivity contribution in [2.75, 3.05) is 12.4 Å². The lowest BCUT2D eigenvalue weighted by atomic mass is 9.84. The number of benzene rings is 1. The molecule has 3 nitrogen and oxygen atoms in total. The van der Waals surface area contributed by atoms with E-state index >= 15 is 0 Å². The second-order valence-corrected chi connectivity index (χ2v) is 3.50. The molecule has 94 valence electrons. The maximum absolute atomic E-state index is 12.0. The highest BCUT2D eigenvalue weighted by molar-refractivity contribution is 6.58. The van der Waals surface area contributed by atoms with Gasteiger partial charge >= 0.3 is 6.98 Å². The normalized spacial score (nSPS) is 11.1. The Morgan fingerprint density at radius 2 is 2.00 bits per heavy atom. The lowest BCUT2D eigenvalue weighted by Crippen LogP contribution is -2.19. The fourth-order valence-electron chi connectivity index (χ4n) is 1.26. The van der Waals surface area contributed by atoms with Crippen LogP contribution in [0.3, 0.4) is 0 Å². The van der Waals surface area contributed by atoms with Crippen molar-refractivity contribution < 1.29 is 22.5 Å². The Morgan fingerprint density at radius 3 is 2.59 bits per heavy atom. The van der Waals surface area contributed by atoms with E-state index in [1.54, 1.807) is 24.3 Å². The van der Waals surface area contributed by atoms with Crippen molar-refractivity contribution in [2.24, 2.45) is 0 Å². The summed E-state index contributed by atoms with van der Waals surface area (Å²) in [6.07, 6.45) is -1.64. The topological polar surface area (TPSA) is 38.3 Å². The molecule has 0 bridgehead atoms. The molecule has 1 aromatic rings. The molecule has 0 aromatic heterocycles. The molecule has 1 amide bonds. The second kappa shape index (κ2) is 5.61. The fraction of sp³-hybridized carbons (Fsp3) is 0.300. The molecule has 1 rings (SSSR count). The zero-order chi connectivity index (χ0) is 12.9. The van der Waals surface area contributed by atoms with Crippen LogP contribution in [0, 0.1) is 0 Å². The molecule has 0 spiro atoms. The highest BCUT2D eigenvalue weighted by atomic mass is 19.4. The van der Waals surface area contributed by atoms with E-state index in [0.717, 1.165) is 0 Å². The number of carbonyl (C=O) groups is 1. The van der Waals surface area contributed by atoms with Crippen LogP contribution in [0.5, 0.6) is 5.75 Å². The van der Waals surface area contributed by atoms with E-state index in [-0.39, 0.29) is 0 Å². The molecule has 0 saturated heterocycles. The molecule has 0 aliphatic carbocycles. The number of ether oxygens (including phenoxy) is 1. The van der Waals surface area contributed by atoms with Crippen LogP contribution < -0.4 is 10.1 Å².